The first-order chi connectivity index (χ1) is 3.43. The second kappa shape index (κ2) is 2.26. The molecule has 3 nitrogen and oxygen atoms in total. The molecule has 3 heteroatoms. The summed E-state index contributed by atoms with van der Waals surface area (Å²) in [6.45, 7) is 2.20. The molecule has 0 bridgehead atoms. The maximum Gasteiger partial charge on any atom is 0.0462 e. The van der Waals surface area contributed by atoms with Crippen LogP contribution in [0.4, 0.5) is 0 Å². The van der Waals surface area contributed by atoms with Crippen LogP contribution >= 0.6 is 0 Å². The van der Waals surface area contributed by atoms with Crippen LogP contribution < -0.4 is 16.2 Å². The summed E-state index contributed by atoms with van der Waals surface area (Å²) in [5.74, 6) is 0. The first kappa shape index (κ1) is 5.03. The van der Waals surface area contributed by atoms with Crippen molar-refractivity contribution in [3.8, 4) is 0 Å². The third kappa shape index (κ3) is 1.12. The molecule has 1 saturated heterocycles. The van der Waals surface area contributed by atoms with Crippen LogP contribution in [0.1, 0.15) is 0 Å². The van der Waals surface area contributed by atoms with E-state index in [4.69, 9.17) is 0 Å². The van der Waals surface area contributed by atoms with E-state index in [1.807, 2.05) is 7.05 Å². The fourth-order valence-corrected chi connectivity index (χ4v) is 0.595. The molecule has 1 fully saturated rings. The lowest BCUT2D eigenvalue weighted by molar-refractivity contribution is 0.339. The maximum atomic E-state index is 3.14. The molecule has 0 aliphatic carbocycles. The Morgan fingerprint density at radius 1 is 1.57 bits per heavy atom. The van der Waals surface area contributed by atoms with Crippen LogP contribution in [-0.2, 0) is 0 Å². The van der Waals surface area contributed by atoms with Crippen molar-refractivity contribution in [2.75, 3.05) is 20.1 Å². The highest BCUT2D eigenvalue weighted by Gasteiger charge is 2.13. The Labute approximate surface area is 43.4 Å². The second-order valence-electron chi connectivity index (χ2n) is 1.75. The molecule has 0 saturated carbocycles. The van der Waals surface area contributed by atoms with E-state index in [0.29, 0.717) is 6.04 Å². The van der Waals surface area contributed by atoms with E-state index < -0.39 is 0 Å². The van der Waals surface area contributed by atoms with Crippen LogP contribution in [0.5, 0.6) is 0 Å². The van der Waals surface area contributed by atoms with Gasteiger partial charge in [0.25, 0.3) is 0 Å². The molecule has 0 unspecified atom stereocenters. The maximum absolute atomic E-state index is 3.14. The zero-order valence-electron chi connectivity index (χ0n) is 4.49. The molecule has 0 amide bonds. The Morgan fingerprint density at radius 2 is 2.29 bits per heavy atom. The first-order valence-corrected chi connectivity index (χ1v) is 2.56. The van der Waals surface area contributed by atoms with Gasteiger partial charge in [0.2, 0.25) is 0 Å². The van der Waals surface area contributed by atoms with Crippen LogP contribution in [0.25, 0.3) is 0 Å². The highest BCUT2D eigenvalue weighted by Crippen LogP contribution is 1.85. The normalized spacial score (nSPS) is 21.9. The molecule has 1 rings (SSSR count). The predicted octanol–water partition coefficient (Wildman–Crippen LogP) is -1.32. The standard InChI is InChI=1S/C4H11N3/c1-5-7-4-2-6-3-4/h4-7H,2-3H2,1H3. The molecule has 7 heavy (non-hydrogen) atoms. The molecule has 0 atom stereocenters. The number of hydrogen-bond acceptors (Lipinski definition) is 3. The molecule has 0 aromatic carbocycles. The molecule has 3 N–H and O–H groups in total. The van der Waals surface area contributed by atoms with Crippen molar-refractivity contribution in [3.63, 3.8) is 0 Å². The molecule has 42 valence electrons. The van der Waals surface area contributed by atoms with Crippen LogP contribution in [0.2, 0.25) is 0 Å². The lowest BCUT2D eigenvalue weighted by atomic mass is 10.2. The van der Waals surface area contributed by atoms with E-state index in [1.165, 1.54) is 0 Å². The minimum absolute atomic E-state index is 0.657. The largest absolute Gasteiger partial charge is 0.313 e. The van der Waals surface area contributed by atoms with Crippen molar-refractivity contribution in [2.24, 2.45) is 0 Å². The summed E-state index contributed by atoms with van der Waals surface area (Å²) >= 11 is 0. The van der Waals surface area contributed by atoms with Crippen LogP contribution in [0, 0.1) is 0 Å². The smallest absolute Gasteiger partial charge is 0.0462 e. The number of nitrogens with one attached hydrogen (secondary N) is 3. The molecule has 0 radical (unpaired) electrons. The topological polar surface area (TPSA) is 36.1 Å². The van der Waals surface area contributed by atoms with E-state index in [1.54, 1.807) is 0 Å². The monoisotopic (exact) mass is 101 g/mol. The fraction of sp³-hybridized carbons (Fsp3) is 1.00. The number of hydrogen-bond donors (Lipinski definition) is 3. The van der Waals surface area contributed by atoms with Crippen LogP contribution in [0.3, 0.4) is 0 Å². The van der Waals surface area contributed by atoms with Crippen molar-refractivity contribution in [1.29, 1.82) is 0 Å². The van der Waals surface area contributed by atoms with E-state index in [2.05, 4.69) is 16.2 Å². The van der Waals surface area contributed by atoms with Crippen LogP contribution in [0.15, 0.2) is 0 Å². The van der Waals surface area contributed by atoms with Gasteiger partial charge >= 0.3 is 0 Å². The van der Waals surface area contributed by atoms with Gasteiger partial charge in [-0.1, -0.05) is 0 Å². The highest BCUT2D eigenvalue weighted by atomic mass is 15.4. The Kier molecular flexibility index (Phi) is 1.62. The second-order valence-corrected chi connectivity index (χ2v) is 1.75. The molecule has 1 heterocycles. The summed E-state index contributed by atoms with van der Waals surface area (Å²) < 4.78 is 0. The van der Waals surface area contributed by atoms with Gasteiger partial charge in [0, 0.05) is 19.1 Å². The zero-order valence-corrected chi connectivity index (χ0v) is 4.49. The van der Waals surface area contributed by atoms with Crippen molar-refractivity contribution in [3.05, 3.63) is 0 Å². The van der Waals surface area contributed by atoms with Gasteiger partial charge in [0.05, 0.1) is 0 Å². The van der Waals surface area contributed by atoms with Gasteiger partial charge in [-0.2, -0.15) is 0 Å². The van der Waals surface area contributed by atoms with Gasteiger partial charge in [-0.25, -0.2) is 0 Å². The van der Waals surface area contributed by atoms with E-state index >= 15 is 0 Å². The summed E-state index contributed by atoms with van der Waals surface area (Å²) in [6, 6.07) is 0.657. The Bertz CT molecular complexity index is 50.9. The Morgan fingerprint density at radius 3 is 2.43 bits per heavy atom. The van der Waals surface area contributed by atoms with Gasteiger partial charge in [0.15, 0.2) is 0 Å². The number of hydrazine groups is 1. The highest BCUT2D eigenvalue weighted by molar-refractivity contribution is 4.78. The number of rotatable bonds is 2. The molecular formula is C4H11N3. The quantitative estimate of drug-likeness (QED) is 0.378. The zero-order chi connectivity index (χ0) is 5.11. The Balaban J connectivity index is 1.93. The van der Waals surface area contributed by atoms with E-state index in [0.717, 1.165) is 13.1 Å². The van der Waals surface area contributed by atoms with Crippen molar-refractivity contribution in [1.82, 2.24) is 16.2 Å². The van der Waals surface area contributed by atoms with Gasteiger partial charge in [0.1, 0.15) is 0 Å². The third-order valence-corrected chi connectivity index (χ3v) is 1.13. The molecule has 0 aromatic heterocycles. The van der Waals surface area contributed by atoms with Gasteiger partial charge in [-0.15, -0.1) is 0 Å². The molecule has 0 spiro atoms. The SMILES string of the molecule is CNNC1CNC1. The molecule has 1 aliphatic rings. The minimum atomic E-state index is 0.657. The molecular weight excluding hydrogens is 90.1 g/mol. The van der Waals surface area contributed by atoms with Crippen molar-refractivity contribution < 1.29 is 0 Å². The summed E-state index contributed by atoms with van der Waals surface area (Å²) in [4.78, 5) is 0. The molecule has 1 aliphatic heterocycles. The Hall–Kier alpha value is -0.120. The summed E-state index contributed by atoms with van der Waals surface area (Å²) in [6.07, 6.45) is 0. The van der Waals surface area contributed by atoms with E-state index in [9.17, 15) is 0 Å². The van der Waals surface area contributed by atoms with Crippen molar-refractivity contribution >= 4 is 0 Å². The lowest BCUT2D eigenvalue weighted by Crippen LogP contribution is -2.58. The average Bonchev–Trinajstić information content (AvgIpc) is 1.55. The summed E-state index contributed by atoms with van der Waals surface area (Å²) in [7, 11) is 1.89. The molecule has 0 aromatic rings. The fourth-order valence-electron chi connectivity index (χ4n) is 0.595. The minimum Gasteiger partial charge on any atom is -0.313 e. The summed E-state index contributed by atoms with van der Waals surface area (Å²) in [5, 5.41) is 3.14. The van der Waals surface area contributed by atoms with Crippen LogP contribution in [-0.4, -0.2) is 26.2 Å². The van der Waals surface area contributed by atoms with Gasteiger partial charge in [-0.05, 0) is 7.05 Å². The van der Waals surface area contributed by atoms with Gasteiger partial charge in [-0.3, -0.25) is 10.9 Å². The summed E-state index contributed by atoms with van der Waals surface area (Å²) in [5.41, 5.74) is 5.95. The average molecular weight is 101 g/mol. The van der Waals surface area contributed by atoms with Crippen molar-refractivity contribution in [2.45, 2.75) is 6.04 Å². The predicted molar refractivity (Wildman–Crippen MR) is 28.9 cm³/mol. The van der Waals surface area contributed by atoms with E-state index in [-0.39, 0.29) is 0 Å². The first-order valence-electron chi connectivity index (χ1n) is 2.56. The van der Waals surface area contributed by atoms with Gasteiger partial charge < -0.3 is 5.32 Å². The third-order valence-electron chi connectivity index (χ3n) is 1.13. The lowest BCUT2D eigenvalue weighted by Gasteiger charge is -2.27.